The van der Waals surface area contributed by atoms with Crippen LogP contribution in [0.1, 0.15) is 0 Å². The van der Waals surface area contributed by atoms with Gasteiger partial charge in [-0.05, 0) is 30.3 Å². The Labute approximate surface area is 134 Å². The highest BCUT2D eigenvalue weighted by Crippen LogP contribution is 2.29. The first-order valence-corrected chi connectivity index (χ1v) is 8.06. The molecule has 4 aromatic rings. The van der Waals surface area contributed by atoms with Crippen LogP contribution in [0.15, 0.2) is 65.5 Å². The maximum absolute atomic E-state index is 4.64. The minimum atomic E-state index is 0.899. The van der Waals surface area contributed by atoms with E-state index in [0.717, 1.165) is 26.4 Å². The number of hydrogen-bond donors (Lipinski definition) is 0. The van der Waals surface area contributed by atoms with Gasteiger partial charge in [-0.1, -0.05) is 34.1 Å². The van der Waals surface area contributed by atoms with E-state index in [1.807, 2.05) is 47.4 Å². The maximum atomic E-state index is 4.64. The van der Waals surface area contributed by atoms with Crippen LogP contribution in [0.3, 0.4) is 0 Å². The summed E-state index contributed by atoms with van der Waals surface area (Å²) < 4.78 is 4.24. The molecule has 21 heavy (non-hydrogen) atoms. The molecule has 0 unspecified atom stereocenters. The molecule has 0 saturated heterocycles. The summed E-state index contributed by atoms with van der Waals surface area (Å²) in [5.74, 6) is 0. The van der Waals surface area contributed by atoms with Crippen LogP contribution < -0.4 is 0 Å². The predicted molar refractivity (Wildman–Crippen MR) is 89.9 cm³/mol. The number of benzene rings is 2. The molecule has 3 nitrogen and oxygen atoms in total. The van der Waals surface area contributed by atoms with Crippen LogP contribution in [0.2, 0.25) is 0 Å². The minimum Gasteiger partial charge on any atom is -0.306 e. The molecule has 5 heteroatoms. The van der Waals surface area contributed by atoms with Crippen molar-refractivity contribution in [3.8, 4) is 16.4 Å². The van der Waals surface area contributed by atoms with E-state index in [2.05, 4.69) is 44.1 Å². The summed E-state index contributed by atoms with van der Waals surface area (Å²) in [7, 11) is 0. The average molecular weight is 356 g/mol. The van der Waals surface area contributed by atoms with E-state index in [9.17, 15) is 0 Å². The van der Waals surface area contributed by atoms with Crippen molar-refractivity contribution in [1.29, 1.82) is 0 Å². The van der Waals surface area contributed by atoms with E-state index in [1.165, 1.54) is 4.70 Å². The van der Waals surface area contributed by atoms with Gasteiger partial charge in [-0.2, -0.15) is 0 Å². The van der Waals surface area contributed by atoms with Crippen LogP contribution in [0.25, 0.3) is 26.6 Å². The van der Waals surface area contributed by atoms with Gasteiger partial charge in [0, 0.05) is 16.4 Å². The molecule has 0 saturated carbocycles. The van der Waals surface area contributed by atoms with Gasteiger partial charge in [0.1, 0.15) is 17.0 Å². The average Bonchev–Trinajstić information content (AvgIpc) is 3.14. The number of nitrogens with zero attached hydrogens (tertiary/aromatic N) is 3. The molecular formula is C16H10BrN3S. The molecule has 2 aromatic carbocycles. The van der Waals surface area contributed by atoms with Crippen molar-refractivity contribution in [3.63, 3.8) is 0 Å². The number of rotatable bonds is 2. The lowest BCUT2D eigenvalue weighted by Crippen LogP contribution is -1.88. The summed E-state index contributed by atoms with van der Waals surface area (Å²) in [5.41, 5.74) is 3.00. The van der Waals surface area contributed by atoms with Gasteiger partial charge in [-0.25, -0.2) is 9.97 Å². The Morgan fingerprint density at radius 2 is 1.95 bits per heavy atom. The molecule has 0 bridgehead atoms. The van der Waals surface area contributed by atoms with Gasteiger partial charge in [0.05, 0.1) is 10.2 Å². The Morgan fingerprint density at radius 1 is 1.05 bits per heavy atom. The van der Waals surface area contributed by atoms with E-state index in [1.54, 1.807) is 11.3 Å². The number of halogens is 1. The lowest BCUT2D eigenvalue weighted by molar-refractivity contribution is 1.06. The Bertz CT molecular complexity index is 893. The summed E-state index contributed by atoms with van der Waals surface area (Å²) in [5, 5.41) is 0.949. The summed E-state index contributed by atoms with van der Waals surface area (Å²) in [6.45, 7) is 0. The molecule has 2 aromatic heterocycles. The summed E-state index contributed by atoms with van der Waals surface area (Å²) in [4.78, 5) is 9.12. The van der Waals surface area contributed by atoms with Gasteiger partial charge in [-0.15, -0.1) is 11.3 Å². The highest BCUT2D eigenvalue weighted by molar-refractivity contribution is 9.10. The van der Waals surface area contributed by atoms with E-state index < -0.39 is 0 Å². The summed E-state index contributed by atoms with van der Waals surface area (Å²) in [6.07, 6.45) is 3.84. The third-order valence-electron chi connectivity index (χ3n) is 3.20. The van der Waals surface area contributed by atoms with E-state index >= 15 is 0 Å². The third-order valence-corrected chi connectivity index (χ3v) is 4.75. The van der Waals surface area contributed by atoms with Crippen molar-refractivity contribution in [3.05, 3.63) is 65.5 Å². The normalized spacial score (nSPS) is 11.1. The molecule has 0 spiro atoms. The number of hydrogen-bond acceptors (Lipinski definition) is 3. The zero-order valence-corrected chi connectivity index (χ0v) is 13.3. The van der Waals surface area contributed by atoms with Crippen molar-refractivity contribution in [2.45, 2.75) is 0 Å². The minimum absolute atomic E-state index is 0.899. The van der Waals surface area contributed by atoms with Crippen molar-refractivity contribution < 1.29 is 0 Å². The Kier molecular flexibility index (Phi) is 3.09. The maximum Gasteiger partial charge on any atom is 0.144 e. The molecule has 0 N–H and O–H groups in total. The zero-order valence-electron chi connectivity index (χ0n) is 10.9. The monoisotopic (exact) mass is 355 g/mol. The molecular weight excluding hydrogens is 346 g/mol. The standard InChI is InChI=1S/C16H10BrN3S/c17-11-4-3-5-12(8-11)20-9-14(18-10-20)16-19-13-6-1-2-7-15(13)21-16/h1-10H. The quantitative estimate of drug-likeness (QED) is 0.511. The Balaban J connectivity index is 1.77. The van der Waals surface area contributed by atoms with Gasteiger partial charge in [-0.3, -0.25) is 0 Å². The van der Waals surface area contributed by atoms with Crippen LogP contribution in [0.4, 0.5) is 0 Å². The highest BCUT2D eigenvalue weighted by atomic mass is 79.9. The largest absolute Gasteiger partial charge is 0.306 e. The van der Waals surface area contributed by atoms with E-state index in [4.69, 9.17) is 0 Å². The molecule has 102 valence electrons. The lowest BCUT2D eigenvalue weighted by Gasteiger charge is -2.01. The second kappa shape index (κ2) is 5.09. The first kappa shape index (κ1) is 12.7. The van der Waals surface area contributed by atoms with Crippen molar-refractivity contribution in [1.82, 2.24) is 14.5 Å². The van der Waals surface area contributed by atoms with Crippen LogP contribution >= 0.6 is 27.3 Å². The fraction of sp³-hybridized carbons (Fsp3) is 0. The molecule has 0 aliphatic carbocycles. The summed E-state index contributed by atoms with van der Waals surface area (Å²) in [6, 6.07) is 16.3. The molecule has 4 rings (SSSR count). The summed E-state index contributed by atoms with van der Waals surface area (Å²) >= 11 is 5.16. The van der Waals surface area contributed by atoms with Gasteiger partial charge >= 0.3 is 0 Å². The number of thiazole rings is 1. The van der Waals surface area contributed by atoms with Crippen LogP contribution in [-0.2, 0) is 0 Å². The Morgan fingerprint density at radius 3 is 2.81 bits per heavy atom. The molecule has 0 amide bonds. The molecule has 0 aliphatic rings. The number of aromatic nitrogens is 3. The van der Waals surface area contributed by atoms with Crippen LogP contribution in [0.5, 0.6) is 0 Å². The molecule has 0 aliphatic heterocycles. The SMILES string of the molecule is Brc1cccc(-n2cnc(-c3nc4ccccc4s3)c2)c1. The lowest BCUT2D eigenvalue weighted by atomic mass is 10.3. The number of para-hydroxylation sites is 1. The highest BCUT2D eigenvalue weighted by Gasteiger charge is 2.09. The van der Waals surface area contributed by atoms with E-state index in [0.29, 0.717) is 0 Å². The van der Waals surface area contributed by atoms with Crippen molar-refractivity contribution in [2.75, 3.05) is 0 Å². The van der Waals surface area contributed by atoms with Gasteiger partial charge in [0.15, 0.2) is 0 Å². The van der Waals surface area contributed by atoms with Crippen molar-refractivity contribution >= 4 is 37.5 Å². The number of imidazole rings is 1. The zero-order chi connectivity index (χ0) is 14.2. The second-order valence-electron chi connectivity index (χ2n) is 4.63. The smallest absolute Gasteiger partial charge is 0.144 e. The molecule has 2 heterocycles. The van der Waals surface area contributed by atoms with Gasteiger partial charge in [0.2, 0.25) is 0 Å². The van der Waals surface area contributed by atoms with E-state index in [-0.39, 0.29) is 0 Å². The fourth-order valence-corrected chi connectivity index (χ4v) is 3.51. The first-order valence-electron chi connectivity index (χ1n) is 6.45. The molecule has 0 radical (unpaired) electrons. The van der Waals surface area contributed by atoms with Crippen LogP contribution in [0, 0.1) is 0 Å². The van der Waals surface area contributed by atoms with Crippen molar-refractivity contribution in [2.24, 2.45) is 0 Å². The second-order valence-corrected chi connectivity index (χ2v) is 6.58. The first-order chi connectivity index (χ1) is 10.3. The Hall–Kier alpha value is -1.98. The third kappa shape index (κ3) is 2.39. The van der Waals surface area contributed by atoms with Gasteiger partial charge < -0.3 is 4.57 Å². The predicted octanol–water partition coefficient (Wildman–Crippen LogP) is 4.91. The van der Waals surface area contributed by atoms with Crippen LogP contribution in [-0.4, -0.2) is 14.5 Å². The molecule has 0 fully saturated rings. The fourth-order valence-electron chi connectivity index (χ4n) is 2.19. The van der Waals surface area contributed by atoms with Gasteiger partial charge in [0.25, 0.3) is 0 Å². The topological polar surface area (TPSA) is 30.7 Å². The molecule has 0 atom stereocenters. The number of fused-ring (bicyclic) bond motifs is 1.